The number of ether oxygens (including phenoxy) is 1. The predicted octanol–water partition coefficient (Wildman–Crippen LogP) is 2.70. The number of rotatable bonds is 4. The van der Waals surface area contributed by atoms with Crippen molar-refractivity contribution in [2.45, 2.75) is 51.2 Å². The highest BCUT2D eigenvalue weighted by molar-refractivity contribution is 5.80. The molecule has 0 bridgehead atoms. The van der Waals surface area contributed by atoms with E-state index in [1.54, 1.807) is 0 Å². The van der Waals surface area contributed by atoms with Crippen LogP contribution in [0, 0.1) is 5.92 Å². The van der Waals surface area contributed by atoms with Crippen LogP contribution in [0.5, 0.6) is 0 Å². The van der Waals surface area contributed by atoms with Crippen molar-refractivity contribution in [3.63, 3.8) is 0 Å². The lowest BCUT2D eigenvalue weighted by atomic mass is 9.88. The predicted molar refractivity (Wildman–Crippen MR) is 89.1 cm³/mol. The number of amides is 1. The Kier molecular flexibility index (Phi) is 5.34. The van der Waals surface area contributed by atoms with Gasteiger partial charge in [0.15, 0.2) is 0 Å². The van der Waals surface area contributed by atoms with E-state index in [9.17, 15) is 9.90 Å². The first kappa shape index (κ1) is 16.5. The first-order chi connectivity index (χ1) is 11.2. The summed E-state index contributed by atoms with van der Waals surface area (Å²) in [6, 6.07) is 7.96. The minimum atomic E-state index is -0.195. The first-order valence-corrected chi connectivity index (χ1v) is 8.85. The lowest BCUT2D eigenvalue weighted by Crippen LogP contribution is -2.46. The summed E-state index contributed by atoms with van der Waals surface area (Å²) in [5, 5.41) is 9.87. The van der Waals surface area contributed by atoms with E-state index in [0.717, 1.165) is 37.7 Å². The van der Waals surface area contributed by atoms with Gasteiger partial charge >= 0.3 is 0 Å². The zero-order valence-corrected chi connectivity index (χ0v) is 13.9. The van der Waals surface area contributed by atoms with E-state index in [-0.39, 0.29) is 30.6 Å². The standard InChI is InChI=1S/C19H27NO3/c1-2-5-16-12-15(9-11-23-16)19(22)20-10-8-14-6-3-4-7-17(14)18(20)13-21/h3-4,6-7,15-16,18,21H,2,5,8-13H2,1H3. The van der Waals surface area contributed by atoms with Crippen molar-refractivity contribution in [3.05, 3.63) is 35.4 Å². The third-order valence-corrected chi connectivity index (χ3v) is 5.20. The summed E-state index contributed by atoms with van der Waals surface area (Å²) < 4.78 is 5.78. The largest absolute Gasteiger partial charge is 0.394 e. The minimum absolute atomic E-state index is 0.00956. The van der Waals surface area contributed by atoms with Crippen molar-refractivity contribution in [2.24, 2.45) is 5.92 Å². The van der Waals surface area contributed by atoms with Crippen molar-refractivity contribution in [1.29, 1.82) is 0 Å². The molecule has 4 nitrogen and oxygen atoms in total. The maximum Gasteiger partial charge on any atom is 0.226 e. The van der Waals surface area contributed by atoms with Crippen LogP contribution in [0.25, 0.3) is 0 Å². The molecule has 0 radical (unpaired) electrons. The molecule has 0 aromatic heterocycles. The molecule has 1 aromatic carbocycles. The molecule has 4 heteroatoms. The number of carbonyl (C=O) groups excluding carboxylic acids is 1. The normalized spacial score (nSPS) is 27.6. The van der Waals surface area contributed by atoms with Crippen LogP contribution in [-0.4, -0.2) is 41.8 Å². The molecule has 1 N–H and O–H groups in total. The third kappa shape index (κ3) is 3.43. The highest BCUT2D eigenvalue weighted by Crippen LogP contribution is 2.33. The average Bonchev–Trinajstić information content (AvgIpc) is 2.60. The molecule has 0 aliphatic carbocycles. The van der Waals surface area contributed by atoms with E-state index >= 15 is 0 Å². The zero-order chi connectivity index (χ0) is 16.2. The SMILES string of the molecule is CCCC1CC(C(=O)N2CCc3ccccc3C2CO)CCO1. The van der Waals surface area contributed by atoms with Gasteiger partial charge < -0.3 is 14.7 Å². The Hall–Kier alpha value is -1.39. The highest BCUT2D eigenvalue weighted by atomic mass is 16.5. The smallest absolute Gasteiger partial charge is 0.226 e. The lowest BCUT2D eigenvalue weighted by Gasteiger charge is -2.40. The van der Waals surface area contributed by atoms with Crippen molar-refractivity contribution >= 4 is 5.91 Å². The molecule has 23 heavy (non-hydrogen) atoms. The van der Waals surface area contributed by atoms with Crippen LogP contribution >= 0.6 is 0 Å². The zero-order valence-electron chi connectivity index (χ0n) is 13.9. The summed E-state index contributed by atoms with van der Waals surface area (Å²) in [6.07, 6.45) is 4.82. The van der Waals surface area contributed by atoms with Gasteiger partial charge in [0.2, 0.25) is 5.91 Å². The summed E-state index contributed by atoms with van der Waals surface area (Å²) in [5.41, 5.74) is 2.36. The summed E-state index contributed by atoms with van der Waals surface area (Å²) in [5.74, 6) is 0.238. The van der Waals surface area contributed by atoms with Crippen LogP contribution in [0.15, 0.2) is 24.3 Å². The number of hydrogen-bond acceptors (Lipinski definition) is 3. The van der Waals surface area contributed by atoms with E-state index in [1.807, 2.05) is 23.1 Å². The fourth-order valence-electron chi connectivity index (χ4n) is 3.97. The Morgan fingerprint density at radius 2 is 2.22 bits per heavy atom. The molecular formula is C19H27NO3. The Labute approximate surface area is 138 Å². The first-order valence-electron chi connectivity index (χ1n) is 8.85. The Morgan fingerprint density at radius 1 is 1.39 bits per heavy atom. The van der Waals surface area contributed by atoms with Gasteiger partial charge in [-0.1, -0.05) is 37.6 Å². The minimum Gasteiger partial charge on any atom is -0.394 e. The number of aliphatic hydroxyl groups is 1. The van der Waals surface area contributed by atoms with Gasteiger partial charge in [0.1, 0.15) is 0 Å². The number of benzene rings is 1. The van der Waals surface area contributed by atoms with Gasteiger partial charge in [-0.3, -0.25) is 4.79 Å². The van der Waals surface area contributed by atoms with Gasteiger partial charge in [0.05, 0.1) is 18.8 Å². The van der Waals surface area contributed by atoms with Gasteiger partial charge in [0, 0.05) is 19.1 Å². The number of fused-ring (bicyclic) bond motifs is 1. The number of carbonyl (C=O) groups is 1. The number of aliphatic hydroxyl groups excluding tert-OH is 1. The molecule has 2 heterocycles. The highest BCUT2D eigenvalue weighted by Gasteiger charge is 2.36. The van der Waals surface area contributed by atoms with Gasteiger partial charge in [-0.15, -0.1) is 0 Å². The van der Waals surface area contributed by atoms with E-state index in [2.05, 4.69) is 13.0 Å². The monoisotopic (exact) mass is 317 g/mol. The second kappa shape index (κ2) is 7.45. The van der Waals surface area contributed by atoms with Crippen molar-refractivity contribution < 1.29 is 14.6 Å². The van der Waals surface area contributed by atoms with Gasteiger partial charge in [-0.05, 0) is 36.8 Å². The quantitative estimate of drug-likeness (QED) is 0.929. The van der Waals surface area contributed by atoms with Gasteiger partial charge in [-0.2, -0.15) is 0 Å². The molecule has 3 rings (SSSR count). The molecule has 2 aliphatic heterocycles. The van der Waals surface area contributed by atoms with Crippen molar-refractivity contribution in [2.75, 3.05) is 19.8 Å². The fourth-order valence-corrected chi connectivity index (χ4v) is 3.97. The molecular weight excluding hydrogens is 290 g/mol. The van der Waals surface area contributed by atoms with Crippen LogP contribution in [0.4, 0.5) is 0 Å². The summed E-state index contributed by atoms with van der Waals surface area (Å²) in [6.45, 7) is 3.52. The fraction of sp³-hybridized carbons (Fsp3) is 0.632. The Bertz CT molecular complexity index is 543. The molecule has 0 spiro atoms. The van der Waals surface area contributed by atoms with Crippen molar-refractivity contribution in [3.8, 4) is 0 Å². The summed E-state index contributed by atoms with van der Waals surface area (Å²) in [7, 11) is 0. The molecule has 126 valence electrons. The molecule has 3 atom stereocenters. The van der Waals surface area contributed by atoms with Gasteiger partial charge in [-0.25, -0.2) is 0 Å². The molecule has 2 aliphatic rings. The Balaban J connectivity index is 1.74. The van der Waals surface area contributed by atoms with Crippen LogP contribution in [0.2, 0.25) is 0 Å². The third-order valence-electron chi connectivity index (χ3n) is 5.20. The second-order valence-corrected chi connectivity index (χ2v) is 6.68. The summed E-state index contributed by atoms with van der Waals surface area (Å²) in [4.78, 5) is 14.9. The topological polar surface area (TPSA) is 49.8 Å². The van der Waals surface area contributed by atoms with Crippen LogP contribution in [-0.2, 0) is 16.0 Å². The van der Waals surface area contributed by atoms with Crippen molar-refractivity contribution in [1.82, 2.24) is 4.90 Å². The summed E-state index contributed by atoms with van der Waals surface area (Å²) >= 11 is 0. The van der Waals surface area contributed by atoms with Gasteiger partial charge in [0.25, 0.3) is 0 Å². The van der Waals surface area contributed by atoms with E-state index in [4.69, 9.17) is 4.74 Å². The maximum atomic E-state index is 13.0. The van der Waals surface area contributed by atoms with Crippen LogP contribution in [0.3, 0.4) is 0 Å². The molecule has 1 amide bonds. The maximum absolute atomic E-state index is 13.0. The van der Waals surface area contributed by atoms with E-state index in [1.165, 1.54) is 5.56 Å². The number of hydrogen-bond donors (Lipinski definition) is 1. The average molecular weight is 317 g/mol. The van der Waals surface area contributed by atoms with Crippen LogP contribution < -0.4 is 0 Å². The number of nitrogens with zero attached hydrogens (tertiary/aromatic N) is 1. The Morgan fingerprint density at radius 3 is 3.00 bits per heavy atom. The molecule has 3 unspecified atom stereocenters. The molecule has 1 fully saturated rings. The molecule has 1 aromatic rings. The van der Waals surface area contributed by atoms with E-state index in [0.29, 0.717) is 13.2 Å². The van der Waals surface area contributed by atoms with E-state index < -0.39 is 0 Å². The molecule has 1 saturated heterocycles. The van der Waals surface area contributed by atoms with Crippen LogP contribution in [0.1, 0.15) is 49.8 Å². The second-order valence-electron chi connectivity index (χ2n) is 6.68. The molecule has 0 saturated carbocycles. The lowest BCUT2D eigenvalue weighted by molar-refractivity contribution is -0.144.